The van der Waals surface area contributed by atoms with Gasteiger partial charge in [0.05, 0.1) is 16.9 Å². The molecule has 108 valence electrons. The van der Waals surface area contributed by atoms with Gasteiger partial charge in [-0.2, -0.15) is 11.8 Å². The van der Waals surface area contributed by atoms with Gasteiger partial charge in [-0.1, -0.05) is 13.3 Å². The second-order valence-electron chi connectivity index (χ2n) is 5.16. The summed E-state index contributed by atoms with van der Waals surface area (Å²) >= 11 is 8.07. The maximum Gasteiger partial charge on any atom is 0.125 e. The number of alkyl halides is 1. The summed E-state index contributed by atoms with van der Waals surface area (Å²) in [6.07, 6.45) is 3.64. The Labute approximate surface area is 127 Å². The molecular formula is C15H18ClFN2S. The minimum Gasteiger partial charge on any atom is -0.323 e. The lowest BCUT2D eigenvalue weighted by atomic mass is 10.2. The van der Waals surface area contributed by atoms with Crippen LogP contribution >= 0.6 is 23.4 Å². The molecule has 0 spiro atoms. The van der Waals surface area contributed by atoms with Crippen molar-refractivity contribution in [2.24, 2.45) is 0 Å². The van der Waals surface area contributed by atoms with Crippen LogP contribution in [0.3, 0.4) is 0 Å². The third-order valence-corrected chi connectivity index (χ3v) is 5.52. The molecule has 0 aliphatic heterocycles. The zero-order chi connectivity index (χ0) is 14.1. The lowest BCUT2D eigenvalue weighted by Gasteiger charge is -2.22. The number of hydrogen-bond acceptors (Lipinski definition) is 2. The monoisotopic (exact) mass is 312 g/mol. The molecule has 1 aliphatic carbocycles. The highest BCUT2D eigenvalue weighted by atomic mass is 35.5. The molecule has 1 aromatic carbocycles. The first-order valence-electron chi connectivity index (χ1n) is 7.08. The predicted octanol–water partition coefficient (Wildman–Crippen LogP) is 4.76. The predicted molar refractivity (Wildman–Crippen MR) is 84.1 cm³/mol. The van der Waals surface area contributed by atoms with Crippen LogP contribution in [0.25, 0.3) is 11.0 Å². The molecule has 1 aromatic heterocycles. The van der Waals surface area contributed by atoms with Gasteiger partial charge in [0.2, 0.25) is 0 Å². The second kappa shape index (κ2) is 5.94. The van der Waals surface area contributed by atoms with Crippen molar-refractivity contribution in [2.75, 3.05) is 5.75 Å². The molecule has 3 rings (SSSR count). The number of hydrogen-bond donors (Lipinski definition) is 0. The molecule has 1 fully saturated rings. The van der Waals surface area contributed by atoms with Gasteiger partial charge < -0.3 is 4.57 Å². The molecular weight excluding hydrogens is 295 g/mol. The van der Waals surface area contributed by atoms with Gasteiger partial charge in [0, 0.05) is 17.4 Å². The number of thioether (sulfide) groups is 1. The quantitative estimate of drug-likeness (QED) is 0.757. The Bertz CT molecular complexity index is 613. The van der Waals surface area contributed by atoms with Gasteiger partial charge in [-0.25, -0.2) is 9.37 Å². The van der Waals surface area contributed by atoms with Crippen LogP contribution in [0.15, 0.2) is 18.2 Å². The maximum absolute atomic E-state index is 13.4. The topological polar surface area (TPSA) is 17.8 Å². The Morgan fingerprint density at radius 2 is 2.30 bits per heavy atom. The smallest absolute Gasteiger partial charge is 0.125 e. The molecule has 2 aromatic rings. The van der Waals surface area contributed by atoms with Gasteiger partial charge in [-0.05, 0) is 30.7 Å². The molecule has 0 saturated heterocycles. The van der Waals surface area contributed by atoms with E-state index in [9.17, 15) is 4.39 Å². The zero-order valence-electron chi connectivity index (χ0n) is 11.5. The van der Waals surface area contributed by atoms with E-state index in [-0.39, 0.29) is 5.82 Å². The lowest BCUT2D eigenvalue weighted by Crippen LogP contribution is -2.18. The fourth-order valence-corrected chi connectivity index (χ4v) is 4.63. The first-order chi connectivity index (χ1) is 9.74. The van der Waals surface area contributed by atoms with E-state index in [1.807, 2.05) is 17.8 Å². The Hall–Kier alpha value is -0.740. The third-order valence-electron chi connectivity index (χ3n) is 3.97. The fraction of sp³-hybridized carbons (Fsp3) is 0.533. The molecule has 0 radical (unpaired) electrons. The Morgan fingerprint density at radius 3 is 3.05 bits per heavy atom. The number of benzene rings is 1. The first kappa shape index (κ1) is 14.2. The van der Waals surface area contributed by atoms with Crippen molar-refractivity contribution in [1.29, 1.82) is 0 Å². The highest BCUT2D eigenvalue weighted by Crippen LogP contribution is 2.41. The molecule has 0 N–H and O–H groups in total. The fourth-order valence-electron chi connectivity index (χ4n) is 3.20. The summed E-state index contributed by atoms with van der Waals surface area (Å²) in [7, 11) is 0. The first-order valence-corrected chi connectivity index (χ1v) is 8.67. The van der Waals surface area contributed by atoms with E-state index in [2.05, 4.69) is 16.5 Å². The van der Waals surface area contributed by atoms with E-state index in [1.165, 1.54) is 25.0 Å². The summed E-state index contributed by atoms with van der Waals surface area (Å²) < 4.78 is 15.6. The third kappa shape index (κ3) is 2.44. The van der Waals surface area contributed by atoms with Crippen molar-refractivity contribution in [1.82, 2.24) is 9.55 Å². The molecule has 20 heavy (non-hydrogen) atoms. The highest BCUT2D eigenvalue weighted by molar-refractivity contribution is 7.99. The second-order valence-corrected chi connectivity index (χ2v) is 6.94. The number of fused-ring (bicyclic) bond motifs is 1. The standard InChI is InChI=1S/C15H18ClFN2S/c1-2-20-14-5-3-4-13(14)19-12-7-6-10(17)8-11(12)18-15(19)9-16/h6-8,13-14H,2-5,9H2,1H3. The van der Waals surface area contributed by atoms with Crippen LogP contribution in [0.5, 0.6) is 0 Å². The minimum absolute atomic E-state index is 0.242. The lowest BCUT2D eigenvalue weighted by molar-refractivity contribution is 0.527. The van der Waals surface area contributed by atoms with Crippen molar-refractivity contribution < 1.29 is 4.39 Å². The largest absolute Gasteiger partial charge is 0.323 e. The molecule has 1 aliphatic rings. The molecule has 0 bridgehead atoms. The zero-order valence-corrected chi connectivity index (χ0v) is 13.1. The SMILES string of the molecule is CCSC1CCCC1n1c(CCl)nc2cc(F)ccc21. The van der Waals surface area contributed by atoms with E-state index in [0.717, 1.165) is 23.5 Å². The molecule has 5 heteroatoms. The normalized spacial score (nSPS) is 22.8. The number of imidazole rings is 1. The highest BCUT2D eigenvalue weighted by Gasteiger charge is 2.31. The Morgan fingerprint density at radius 1 is 1.45 bits per heavy atom. The molecule has 2 nitrogen and oxygen atoms in total. The van der Waals surface area contributed by atoms with Crippen LogP contribution in [-0.4, -0.2) is 20.6 Å². The van der Waals surface area contributed by atoms with Crippen molar-refractivity contribution in [3.8, 4) is 0 Å². The minimum atomic E-state index is -0.242. The Balaban J connectivity index is 2.09. The number of aromatic nitrogens is 2. The van der Waals surface area contributed by atoms with E-state index in [0.29, 0.717) is 22.7 Å². The van der Waals surface area contributed by atoms with E-state index >= 15 is 0 Å². The molecule has 2 atom stereocenters. The van der Waals surface area contributed by atoms with Crippen molar-refractivity contribution in [3.63, 3.8) is 0 Å². The van der Waals surface area contributed by atoms with Crippen LogP contribution in [0, 0.1) is 5.82 Å². The van der Waals surface area contributed by atoms with Gasteiger partial charge in [0.15, 0.2) is 0 Å². The van der Waals surface area contributed by atoms with Crippen molar-refractivity contribution in [2.45, 2.75) is 43.4 Å². The van der Waals surface area contributed by atoms with Gasteiger partial charge in [-0.3, -0.25) is 0 Å². The maximum atomic E-state index is 13.4. The van der Waals surface area contributed by atoms with Crippen LogP contribution in [-0.2, 0) is 5.88 Å². The van der Waals surface area contributed by atoms with E-state index in [4.69, 9.17) is 11.6 Å². The average molecular weight is 313 g/mol. The van der Waals surface area contributed by atoms with Crippen LogP contribution < -0.4 is 0 Å². The van der Waals surface area contributed by atoms with E-state index < -0.39 is 0 Å². The van der Waals surface area contributed by atoms with Crippen molar-refractivity contribution >= 4 is 34.4 Å². The molecule has 1 saturated carbocycles. The van der Waals surface area contributed by atoms with Crippen LogP contribution in [0.1, 0.15) is 38.1 Å². The summed E-state index contributed by atoms with van der Waals surface area (Å²) in [5, 5.41) is 0.615. The Kier molecular flexibility index (Phi) is 4.22. The van der Waals surface area contributed by atoms with Gasteiger partial charge in [0.25, 0.3) is 0 Å². The number of rotatable bonds is 4. The molecule has 1 heterocycles. The van der Waals surface area contributed by atoms with E-state index in [1.54, 1.807) is 0 Å². The van der Waals surface area contributed by atoms with Crippen LogP contribution in [0.2, 0.25) is 0 Å². The van der Waals surface area contributed by atoms with Gasteiger partial charge in [-0.15, -0.1) is 11.6 Å². The number of nitrogens with zero attached hydrogens (tertiary/aromatic N) is 2. The molecule has 2 unspecified atom stereocenters. The van der Waals surface area contributed by atoms with Gasteiger partial charge >= 0.3 is 0 Å². The van der Waals surface area contributed by atoms with Crippen LogP contribution in [0.4, 0.5) is 4.39 Å². The summed E-state index contributed by atoms with van der Waals surface area (Å²) in [5.41, 5.74) is 1.73. The number of halogens is 2. The van der Waals surface area contributed by atoms with Gasteiger partial charge in [0.1, 0.15) is 11.6 Å². The average Bonchev–Trinajstić information content (AvgIpc) is 3.01. The summed E-state index contributed by atoms with van der Waals surface area (Å²) in [6, 6.07) is 5.28. The summed E-state index contributed by atoms with van der Waals surface area (Å²) in [4.78, 5) is 4.51. The van der Waals surface area contributed by atoms with Crippen molar-refractivity contribution in [3.05, 3.63) is 29.8 Å². The summed E-state index contributed by atoms with van der Waals surface area (Å²) in [5.74, 6) is 2.12. The summed E-state index contributed by atoms with van der Waals surface area (Å²) in [6.45, 7) is 2.20. The molecule has 0 amide bonds.